The average Bonchev–Trinajstić information content (AvgIpc) is 3.20. The second-order valence-electron chi connectivity index (χ2n) is 7.42. The highest BCUT2D eigenvalue weighted by molar-refractivity contribution is 7.18. The number of benzene rings is 2. The summed E-state index contributed by atoms with van der Waals surface area (Å²) >= 11 is 1.72. The van der Waals surface area contributed by atoms with Crippen molar-refractivity contribution in [1.82, 2.24) is 20.1 Å². The quantitative estimate of drug-likeness (QED) is 0.567. The number of fused-ring (bicyclic) bond motifs is 2. The highest BCUT2D eigenvalue weighted by atomic mass is 32.1. The smallest absolute Gasteiger partial charge is 0.272 e. The Morgan fingerprint density at radius 2 is 1.93 bits per heavy atom. The van der Waals surface area contributed by atoms with Crippen molar-refractivity contribution in [3.8, 4) is 0 Å². The third-order valence-electron chi connectivity index (χ3n) is 5.53. The molecular weight excluding hydrogens is 384 g/mol. The predicted octanol–water partition coefficient (Wildman–Crippen LogP) is 3.48. The van der Waals surface area contributed by atoms with Gasteiger partial charge in [0.15, 0.2) is 0 Å². The van der Waals surface area contributed by atoms with Crippen LogP contribution >= 0.6 is 11.3 Å². The zero-order chi connectivity index (χ0) is 19.8. The Balaban J connectivity index is 1.36. The average molecular weight is 404 g/mol. The Kier molecular flexibility index (Phi) is 4.60. The van der Waals surface area contributed by atoms with Gasteiger partial charge in [-0.25, -0.2) is 10.1 Å². The minimum absolute atomic E-state index is 0.0421. The Morgan fingerprint density at radius 1 is 1.14 bits per heavy atom. The van der Waals surface area contributed by atoms with Crippen LogP contribution in [-0.4, -0.2) is 39.1 Å². The number of carbonyl (C=O) groups excluding carboxylic acids is 1. The van der Waals surface area contributed by atoms with E-state index in [0.29, 0.717) is 17.6 Å². The molecule has 0 bridgehead atoms. The number of rotatable bonds is 3. The summed E-state index contributed by atoms with van der Waals surface area (Å²) in [6.07, 6.45) is 2.19. The van der Waals surface area contributed by atoms with E-state index >= 15 is 0 Å². The number of likely N-dealkylation sites (tertiary alicyclic amines) is 1. The molecule has 29 heavy (non-hydrogen) atoms. The molecule has 1 aliphatic rings. The highest BCUT2D eigenvalue weighted by Crippen LogP contribution is 2.33. The first-order valence-corrected chi connectivity index (χ1v) is 10.6. The molecule has 4 aromatic rings. The molecule has 1 N–H and O–H groups in total. The van der Waals surface area contributed by atoms with E-state index < -0.39 is 0 Å². The molecule has 2 aromatic heterocycles. The molecule has 0 saturated carbocycles. The van der Waals surface area contributed by atoms with Gasteiger partial charge in [0.05, 0.1) is 32.7 Å². The first-order chi connectivity index (χ1) is 14.2. The summed E-state index contributed by atoms with van der Waals surface area (Å²) < 4.78 is 1.19. The van der Waals surface area contributed by atoms with Crippen molar-refractivity contribution in [2.75, 3.05) is 13.1 Å². The van der Waals surface area contributed by atoms with Gasteiger partial charge in [-0.1, -0.05) is 30.3 Å². The topological polar surface area (TPSA) is 79.0 Å². The molecule has 1 atom stereocenters. The number of piperidine rings is 1. The Bertz CT molecular complexity index is 1230. The van der Waals surface area contributed by atoms with E-state index in [9.17, 15) is 9.59 Å². The molecule has 0 radical (unpaired) electrons. The number of nitrogens with one attached hydrogen (secondary N) is 1. The van der Waals surface area contributed by atoms with Gasteiger partial charge in [0.1, 0.15) is 0 Å². The SMILES string of the molecule is O=C(Cc1n[nH]c(=O)c2ccccc12)N1CCC[C@H](c2nc3ccccc3s2)C1. The minimum Gasteiger partial charge on any atom is -0.342 e. The zero-order valence-corrected chi connectivity index (χ0v) is 16.6. The summed E-state index contributed by atoms with van der Waals surface area (Å²) in [5.41, 5.74) is 1.41. The lowest BCUT2D eigenvalue weighted by Crippen LogP contribution is -2.40. The van der Waals surface area contributed by atoms with Crippen molar-refractivity contribution >= 4 is 38.2 Å². The van der Waals surface area contributed by atoms with Gasteiger partial charge < -0.3 is 4.90 Å². The third-order valence-corrected chi connectivity index (χ3v) is 6.73. The van der Waals surface area contributed by atoms with Gasteiger partial charge in [-0.05, 0) is 31.0 Å². The Hall–Kier alpha value is -3.06. The number of amides is 1. The molecule has 1 aliphatic heterocycles. The van der Waals surface area contributed by atoms with Crippen molar-refractivity contribution in [1.29, 1.82) is 0 Å². The maximum atomic E-state index is 13.0. The number of aromatic nitrogens is 3. The molecule has 2 aromatic carbocycles. The summed E-state index contributed by atoms with van der Waals surface area (Å²) in [7, 11) is 0. The summed E-state index contributed by atoms with van der Waals surface area (Å²) in [5, 5.41) is 9.08. The maximum Gasteiger partial charge on any atom is 0.272 e. The monoisotopic (exact) mass is 404 g/mol. The lowest BCUT2D eigenvalue weighted by atomic mass is 9.98. The van der Waals surface area contributed by atoms with E-state index in [1.807, 2.05) is 41.3 Å². The van der Waals surface area contributed by atoms with Gasteiger partial charge >= 0.3 is 0 Å². The van der Waals surface area contributed by atoms with Gasteiger partial charge in [-0.3, -0.25) is 9.59 Å². The predicted molar refractivity (Wildman–Crippen MR) is 114 cm³/mol. The van der Waals surface area contributed by atoms with Gasteiger partial charge in [-0.2, -0.15) is 5.10 Å². The van der Waals surface area contributed by atoms with E-state index in [-0.39, 0.29) is 23.8 Å². The lowest BCUT2D eigenvalue weighted by molar-refractivity contribution is -0.131. The second-order valence-corrected chi connectivity index (χ2v) is 8.48. The number of aromatic amines is 1. The molecule has 1 fully saturated rings. The Labute approximate surface area is 171 Å². The molecule has 0 aliphatic carbocycles. The van der Waals surface area contributed by atoms with Crippen molar-refractivity contribution in [3.05, 3.63) is 69.6 Å². The fourth-order valence-corrected chi connectivity index (χ4v) is 5.12. The summed E-state index contributed by atoms with van der Waals surface area (Å²) in [5.74, 6) is 0.311. The van der Waals surface area contributed by atoms with Crippen molar-refractivity contribution in [2.24, 2.45) is 0 Å². The van der Waals surface area contributed by atoms with E-state index in [1.165, 1.54) is 4.70 Å². The number of carbonyl (C=O) groups is 1. The van der Waals surface area contributed by atoms with Crippen LogP contribution in [0.15, 0.2) is 53.3 Å². The summed E-state index contributed by atoms with van der Waals surface area (Å²) in [6, 6.07) is 15.4. The number of para-hydroxylation sites is 1. The van der Waals surface area contributed by atoms with Crippen LogP contribution in [-0.2, 0) is 11.2 Å². The molecule has 0 spiro atoms. The fraction of sp³-hybridized carbons (Fsp3) is 0.273. The molecule has 146 valence electrons. The zero-order valence-electron chi connectivity index (χ0n) is 15.8. The number of nitrogens with zero attached hydrogens (tertiary/aromatic N) is 3. The molecule has 5 rings (SSSR count). The molecule has 6 nitrogen and oxygen atoms in total. The fourth-order valence-electron chi connectivity index (χ4n) is 4.03. The van der Waals surface area contributed by atoms with Gasteiger partial charge in [0.25, 0.3) is 5.56 Å². The Morgan fingerprint density at radius 3 is 2.79 bits per heavy atom. The highest BCUT2D eigenvalue weighted by Gasteiger charge is 2.27. The van der Waals surface area contributed by atoms with Crippen molar-refractivity contribution < 1.29 is 4.79 Å². The number of H-pyrrole nitrogens is 1. The maximum absolute atomic E-state index is 13.0. The number of hydrogen-bond donors (Lipinski definition) is 1. The van der Waals surface area contributed by atoms with Gasteiger partial charge in [0, 0.05) is 24.4 Å². The number of thiazole rings is 1. The molecule has 3 heterocycles. The first-order valence-electron chi connectivity index (χ1n) is 9.78. The second kappa shape index (κ2) is 7.40. The van der Waals surface area contributed by atoms with Gasteiger partial charge in [0.2, 0.25) is 5.91 Å². The molecule has 1 saturated heterocycles. The molecule has 1 amide bonds. The van der Waals surface area contributed by atoms with E-state index in [1.54, 1.807) is 17.4 Å². The molecule has 0 unspecified atom stereocenters. The molecular formula is C22H20N4O2S. The van der Waals surface area contributed by atoms with Gasteiger partial charge in [-0.15, -0.1) is 11.3 Å². The largest absolute Gasteiger partial charge is 0.342 e. The van der Waals surface area contributed by atoms with Crippen LogP contribution in [0.25, 0.3) is 21.0 Å². The van der Waals surface area contributed by atoms with Crippen LogP contribution < -0.4 is 5.56 Å². The summed E-state index contributed by atoms with van der Waals surface area (Å²) in [4.78, 5) is 31.7. The van der Waals surface area contributed by atoms with Crippen LogP contribution in [0, 0.1) is 0 Å². The van der Waals surface area contributed by atoms with Crippen LogP contribution in [0.3, 0.4) is 0 Å². The third kappa shape index (κ3) is 3.42. The normalized spacial score (nSPS) is 17.1. The lowest BCUT2D eigenvalue weighted by Gasteiger charge is -2.32. The van der Waals surface area contributed by atoms with Crippen LogP contribution in [0.4, 0.5) is 0 Å². The standard InChI is InChI=1S/C22H20N4O2S/c27-20(12-18-15-7-1-2-8-16(15)21(28)25-24-18)26-11-5-6-14(13-26)22-23-17-9-3-4-10-19(17)29-22/h1-4,7-10,14H,5-6,11-13H2,(H,25,28)/t14-/m0/s1. The molecule has 7 heteroatoms. The van der Waals surface area contributed by atoms with Crippen molar-refractivity contribution in [3.63, 3.8) is 0 Å². The minimum atomic E-state index is -0.231. The van der Waals surface area contributed by atoms with Crippen LogP contribution in [0.2, 0.25) is 0 Å². The van der Waals surface area contributed by atoms with Crippen molar-refractivity contribution in [2.45, 2.75) is 25.2 Å². The van der Waals surface area contributed by atoms with Crippen LogP contribution in [0.1, 0.15) is 29.5 Å². The first kappa shape index (κ1) is 18.0. The van der Waals surface area contributed by atoms with E-state index in [0.717, 1.165) is 35.3 Å². The number of hydrogen-bond acceptors (Lipinski definition) is 5. The van der Waals surface area contributed by atoms with E-state index in [4.69, 9.17) is 4.98 Å². The van der Waals surface area contributed by atoms with E-state index in [2.05, 4.69) is 16.3 Å². The van der Waals surface area contributed by atoms with Crippen LogP contribution in [0.5, 0.6) is 0 Å². The summed E-state index contributed by atoms with van der Waals surface area (Å²) in [6.45, 7) is 1.43.